The van der Waals surface area contributed by atoms with Gasteiger partial charge in [-0.3, -0.25) is 4.98 Å². The monoisotopic (exact) mass is 845 g/mol. The third-order valence-electron chi connectivity index (χ3n) is 11.5. The minimum absolute atomic E-state index is 0.583. The molecule has 11 rings (SSSR count). The first-order valence-corrected chi connectivity index (χ1v) is 21.8. The van der Waals surface area contributed by atoms with Gasteiger partial charge in [0.05, 0.1) is 0 Å². The topological polar surface area (TPSA) is 90.2 Å². The van der Waals surface area contributed by atoms with Gasteiger partial charge in [0.15, 0.2) is 34.9 Å². The van der Waals surface area contributed by atoms with Crippen molar-refractivity contribution >= 4 is 0 Å². The van der Waals surface area contributed by atoms with Crippen LogP contribution >= 0.6 is 0 Å². The van der Waals surface area contributed by atoms with Gasteiger partial charge in [0.1, 0.15) is 0 Å². The highest BCUT2D eigenvalue weighted by Crippen LogP contribution is 2.41. The minimum atomic E-state index is 0.583. The van der Waals surface area contributed by atoms with Crippen molar-refractivity contribution in [3.8, 4) is 113 Å². The summed E-state index contributed by atoms with van der Waals surface area (Å²) in [5.74, 6) is 3.62. The first-order valence-electron chi connectivity index (χ1n) is 21.8. The van der Waals surface area contributed by atoms with Gasteiger partial charge in [-0.05, 0) is 63.2 Å². The maximum absolute atomic E-state index is 5.22. The van der Waals surface area contributed by atoms with Crippen molar-refractivity contribution in [2.75, 3.05) is 0 Å². The molecule has 0 aliphatic carbocycles. The van der Waals surface area contributed by atoms with Crippen LogP contribution in [0.15, 0.2) is 237 Å². The number of pyridine rings is 1. The SMILES string of the molecule is c1ccc(-c2nc(-c3ccccc3)nc(-c3cccc(-c4ccc(-c5ccccc5-c5nc(-c6ccccc6)nc(-c6cccc(-c7cccnc7)c6)n5)c(-c5ccccc5)c4)c3)n2)cc1. The number of aromatic nitrogens is 7. The molecule has 0 radical (unpaired) electrons. The van der Waals surface area contributed by atoms with Crippen LogP contribution in [0.4, 0.5) is 0 Å². The average molecular weight is 846 g/mol. The van der Waals surface area contributed by atoms with Crippen LogP contribution in [0.1, 0.15) is 0 Å². The van der Waals surface area contributed by atoms with Gasteiger partial charge in [0.25, 0.3) is 0 Å². The molecule has 8 aromatic carbocycles. The lowest BCUT2D eigenvalue weighted by molar-refractivity contribution is 1.07. The molecule has 0 bridgehead atoms. The molecule has 0 N–H and O–H groups in total. The number of nitrogens with zero attached hydrogens (tertiary/aromatic N) is 7. The zero-order chi connectivity index (χ0) is 44.1. The van der Waals surface area contributed by atoms with Gasteiger partial charge in [0, 0.05) is 51.3 Å². The largest absolute Gasteiger partial charge is 0.264 e. The average Bonchev–Trinajstić information content (AvgIpc) is 3.42. The fourth-order valence-electron chi connectivity index (χ4n) is 8.22. The van der Waals surface area contributed by atoms with Crippen LogP contribution < -0.4 is 0 Å². The Bertz CT molecular complexity index is 3400. The van der Waals surface area contributed by atoms with E-state index in [9.17, 15) is 0 Å². The maximum atomic E-state index is 5.22. The predicted octanol–water partition coefficient (Wildman–Crippen LogP) is 14.1. The Kier molecular flexibility index (Phi) is 10.8. The van der Waals surface area contributed by atoms with E-state index in [2.05, 4.69) is 108 Å². The summed E-state index contributed by atoms with van der Waals surface area (Å²) in [4.78, 5) is 34.8. The second kappa shape index (κ2) is 18.0. The molecular formula is C59H39N7. The molecule has 66 heavy (non-hydrogen) atoms. The minimum Gasteiger partial charge on any atom is -0.264 e. The molecule has 0 amide bonds. The summed E-state index contributed by atoms with van der Waals surface area (Å²) < 4.78 is 0. The van der Waals surface area contributed by atoms with Crippen molar-refractivity contribution in [1.82, 2.24) is 34.9 Å². The van der Waals surface area contributed by atoms with E-state index < -0.39 is 0 Å². The molecular weight excluding hydrogens is 807 g/mol. The first kappa shape index (κ1) is 39.8. The summed E-state index contributed by atoms with van der Waals surface area (Å²) >= 11 is 0. The van der Waals surface area contributed by atoms with E-state index in [1.54, 1.807) is 6.20 Å². The molecule has 0 fully saturated rings. The zero-order valence-electron chi connectivity index (χ0n) is 35.6. The van der Waals surface area contributed by atoms with Crippen molar-refractivity contribution in [1.29, 1.82) is 0 Å². The summed E-state index contributed by atoms with van der Waals surface area (Å²) in [6, 6.07) is 76.5. The lowest BCUT2D eigenvalue weighted by Gasteiger charge is -2.17. The Morgan fingerprint density at radius 3 is 1.06 bits per heavy atom. The van der Waals surface area contributed by atoms with E-state index in [0.717, 1.165) is 77.9 Å². The fourth-order valence-corrected chi connectivity index (χ4v) is 8.22. The van der Waals surface area contributed by atoms with Gasteiger partial charge < -0.3 is 0 Å². The van der Waals surface area contributed by atoms with Crippen LogP contribution in [0.25, 0.3) is 113 Å². The highest BCUT2D eigenvalue weighted by Gasteiger charge is 2.19. The summed E-state index contributed by atoms with van der Waals surface area (Å²) in [6.07, 6.45) is 3.65. The van der Waals surface area contributed by atoms with Crippen LogP contribution in [0.2, 0.25) is 0 Å². The maximum Gasteiger partial charge on any atom is 0.164 e. The van der Waals surface area contributed by atoms with Gasteiger partial charge in [-0.2, -0.15) is 0 Å². The molecule has 11 aromatic rings. The molecule has 0 aliphatic rings. The highest BCUT2D eigenvalue weighted by molar-refractivity contribution is 5.93. The van der Waals surface area contributed by atoms with E-state index in [1.165, 1.54) is 0 Å². The van der Waals surface area contributed by atoms with Gasteiger partial charge in [-0.1, -0.05) is 200 Å². The number of benzene rings is 8. The van der Waals surface area contributed by atoms with Crippen molar-refractivity contribution in [2.24, 2.45) is 0 Å². The Labute approximate surface area is 383 Å². The standard InChI is InChI=1S/C59H39N7/c1-5-18-40(19-6-1)53-38-46(44-26-15-28-47(36-44)57-62-54(41-20-7-2-8-21-41)61-55(63-57)42-22-9-3-10-23-42)33-34-51(53)50-31-13-14-32-52(50)59-65-56(43-24-11-4-12-25-43)64-58(66-59)48-29-16-27-45(37-48)49-30-17-35-60-39-49/h1-39H. The smallest absolute Gasteiger partial charge is 0.164 e. The molecule has 7 nitrogen and oxygen atoms in total. The molecule has 0 saturated carbocycles. The Balaban J connectivity index is 1.03. The third kappa shape index (κ3) is 8.28. The predicted molar refractivity (Wildman–Crippen MR) is 265 cm³/mol. The van der Waals surface area contributed by atoms with Gasteiger partial charge in [0.2, 0.25) is 0 Å². The van der Waals surface area contributed by atoms with Crippen molar-refractivity contribution in [2.45, 2.75) is 0 Å². The molecule has 0 aliphatic heterocycles. The normalized spacial score (nSPS) is 11.0. The molecule has 310 valence electrons. The van der Waals surface area contributed by atoms with Crippen LogP contribution in [-0.4, -0.2) is 34.9 Å². The van der Waals surface area contributed by atoms with E-state index >= 15 is 0 Å². The van der Waals surface area contributed by atoms with Crippen LogP contribution in [-0.2, 0) is 0 Å². The van der Waals surface area contributed by atoms with Crippen molar-refractivity contribution in [3.63, 3.8) is 0 Å². The second-order valence-corrected chi connectivity index (χ2v) is 15.8. The third-order valence-corrected chi connectivity index (χ3v) is 11.5. The molecule has 0 spiro atoms. The number of hydrogen-bond acceptors (Lipinski definition) is 7. The van der Waals surface area contributed by atoms with Crippen LogP contribution in [0.3, 0.4) is 0 Å². The second-order valence-electron chi connectivity index (χ2n) is 15.8. The summed E-state index contributed by atoms with van der Waals surface area (Å²) in [5.41, 5.74) is 13.8. The Hall–Kier alpha value is -9.07. The molecule has 0 unspecified atom stereocenters. The van der Waals surface area contributed by atoms with Crippen LogP contribution in [0.5, 0.6) is 0 Å². The lowest BCUT2D eigenvalue weighted by Crippen LogP contribution is -2.01. The molecule has 0 saturated heterocycles. The van der Waals surface area contributed by atoms with E-state index in [1.807, 2.05) is 128 Å². The van der Waals surface area contributed by atoms with E-state index in [0.29, 0.717) is 34.9 Å². The van der Waals surface area contributed by atoms with Crippen molar-refractivity contribution < 1.29 is 0 Å². The summed E-state index contributed by atoms with van der Waals surface area (Å²) in [6.45, 7) is 0. The van der Waals surface area contributed by atoms with E-state index in [-0.39, 0.29) is 0 Å². The van der Waals surface area contributed by atoms with Gasteiger partial charge >= 0.3 is 0 Å². The van der Waals surface area contributed by atoms with Crippen molar-refractivity contribution in [3.05, 3.63) is 237 Å². The summed E-state index contributed by atoms with van der Waals surface area (Å²) in [5, 5.41) is 0. The Morgan fingerprint density at radius 1 is 0.197 bits per heavy atom. The molecule has 0 atom stereocenters. The highest BCUT2D eigenvalue weighted by atomic mass is 15.0. The quantitative estimate of drug-likeness (QED) is 0.135. The Morgan fingerprint density at radius 2 is 0.561 bits per heavy atom. The first-order chi connectivity index (χ1) is 32.7. The number of hydrogen-bond donors (Lipinski definition) is 0. The molecule has 3 aromatic heterocycles. The molecule has 7 heteroatoms. The van der Waals surface area contributed by atoms with Gasteiger partial charge in [-0.25, -0.2) is 29.9 Å². The lowest BCUT2D eigenvalue weighted by atomic mass is 9.88. The molecule has 3 heterocycles. The zero-order valence-corrected chi connectivity index (χ0v) is 35.6. The summed E-state index contributed by atoms with van der Waals surface area (Å²) in [7, 11) is 0. The van der Waals surface area contributed by atoms with E-state index in [4.69, 9.17) is 29.9 Å². The van der Waals surface area contributed by atoms with Crippen LogP contribution in [0, 0.1) is 0 Å². The number of rotatable bonds is 10. The fraction of sp³-hybridized carbons (Fsp3) is 0. The van der Waals surface area contributed by atoms with Gasteiger partial charge in [-0.15, -0.1) is 0 Å².